The van der Waals surface area contributed by atoms with Gasteiger partial charge >= 0.3 is 6.01 Å². The average molecular weight is 193 g/mol. The highest BCUT2D eigenvalue weighted by Crippen LogP contribution is 2.17. The number of nitrogens with zero attached hydrogens (tertiary/aromatic N) is 2. The number of aryl methyl sites for hydroxylation is 1. The molecule has 0 radical (unpaired) electrons. The molecule has 0 fully saturated rings. The summed E-state index contributed by atoms with van der Waals surface area (Å²) in [6.07, 6.45) is 1.63. The summed E-state index contributed by atoms with van der Waals surface area (Å²) in [7, 11) is 0. The van der Waals surface area contributed by atoms with Crippen LogP contribution in [0, 0.1) is 6.92 Å². The number of rotatable bonds is 3. The molecule has 0 amide bonds. The lowest BCUT2D eigenvalue weighted by Crippen LogP contribution is -2.05. The van der Waals surface area contributed by atoms with E-state index in [0.29, 0.717) is 11.8 Å². The second kappa shape index (κ2) is 3.53. The van der Waals surface area contributed by atoms with E-state index in [1.807, 2.05) is 19.1 Å². The van der Waals surface area contributed by atoms with Crippen molar-refractivity contribution < 1.29 is 8.94 Å². The smallest absolute Gasteiger partial charge is 0.322 e. The van der Waals surface area contributed by atoms with Gasteiger partial charge in [0.25, 0.3) is 0 Å². The van der Waals surface area contributed by atoms with Crippen LogP contribution in [0.25, 0.3) is 0 Å². The molecule has 2 aromatic rings. The Labute approximate surface area is 81.1 Å². The topological polar surface area (TPSA) is 64.1 Å². The highest BCUT2D eigenvalue weighted by atomic mass is 16.5. The predicted molar refractivity (Wildman–Crippen MR) is 49.8 cm³/mol. The molecule has 0 aliphatic heterocycles. The van der Waals surface area contributed by atoms with E-state index >= 15 is 0 Å². The predicted octanol–water partition coefficient (Wildman–Crippen LogP) is 2.14. The summed E-state index contributed by atoms with van der Waals surface area (Å²) in [5, 5.41) is 6.70. The van der Waals surface area contributed by atoms with Crippen LogP contribution in [-0.4, -0.2) is 10.1 Å². The molecule has 0 bridgehead atoms. The van der Waals surface area contributed by atoms with Crippen LogP contribution in [0.15, 0.2) is 27.3 Å². The van der Waals surface area contributed by atoms with Crippen LogP contribution in [0.5, 0.6) is 0 Å². The van der Waals surface area contributed by atoms with E-state index in [0.717, 1.165) is 5.76 Å². The summed E-state index contributed by atoms with van der Waals surface area (Å²) < 4.78 is 10.1. The largest absolute Gasteiger partial charge is 0.467 e. The van der Waals surface area contributed by atoms with Gasteiger partial charge in [0.1, 0.15) is 5.76 Å². The van der Waals surface area contributed by atoms with Crippen LogP contribution in [0.2, 0.25) is 0 Å². The third-order valence-electron chi connectivity index (χ3n) is 1.84. The van der Waals surface area contributed by atoms with Gasteiger partial charge in [0.15, 0.2) is 5.82 Å². The van der Waals surface area contributed by atoms with Gasteiger partial charge in [-0.2, -0.15) is 4.98 Å². The molecule has 0 aromatic carbocycles. The van der Waals surface area contributed by atoms with Crippen LogP contribution in [0.1, 0.15) is 24.6 Å². The molecule has 0 spiro atoms. The van der Waals surface area contributed by atoms with Crippen LogP contribution in [-0.2, 0) is 0 Å². The Balaban J connectivity index is 2.05. The molecule has 5 heteroatoms. The van der Waals surface area contributed by atoms with Gasteiger partial charge in [-0.3, -0.25) is 0 Å². The number of aromatic nitrogens is 2. The Kier molecular flexibility index (Phi) is 2.22. The van der Waals surface area contributed by atoms with Gasteiger partial charge in [-0.1, -0.05) is 5.16 Å². The highest BCUT2D eigenvalue weighted by Gasteiger charge is 2.11. The Morgan fingerprint density at radius 1 is 1.50 bits per heavy atom. The van der Waals surface area contributed by atoms with E-state index in [4.69, 9.17) is 8.94 Å². The first kappa shape index (κ1) is 8.80. The Bertz CT molecular complexity index is 394. The SMILES string of the molecule is Cc1noc(NC(C)c2ccco2)n1. The molecule has 1 unspecified atom stereocenters. The minimum atomic E-state index is 0.0184. The van der Waals surface area contributed by atoms with E-state index in [1.165, 1.54) is 0 Å². The first-order valence-corrected chi connectivity index (χ1v) is 4.36. The van der Waals surface area contributed by atoms with Crippen molar-refractivity contribution >= 4 is 6.01 Å². The van der Waals surface area contributed by atoms with Crippen LogP contribution >= 0.6 is 0 Å². The van der Waals surface area contributed by atoms with Crippen molar-refractivity contribution in [2.75, 3.05) is 5.32 Å². The number of furan rings is 1. The van der Waals surface area contributed by atoms with E-state index in [1.54, 1.807) is 13.2 Å². The molecule has 1 N–H and O–H groups in total. The Hall–Kier alpha value is -1.78. The van der Waals surface area contributed by atoms with Crippen molar-refractivity contribution in [2.24, 2.45) is 0 Å². The van der Waals surface area contributed by atoms with Crippen molar-refractivity contribution in [3.8, 4) is 0 Å². The van der Waals surface area contributed by atoms with Gasteiger partial charge < -0.3 is 14.3 Å². The zero-order chi connectivity index (χ0) is 9.97. The summed E-state index contributed by atoms with van der Waals surface area (Å²) >= 11 is 0. The standard InChI is InChI=1S/C9H11N3O2/c1-6(8-4-3-5-13-8)10-9-11-7(2)12-14-9/h3-6H,1-2H3,(H,10,11,12). The van der Waals surface area contributed by atoms with Crippen molar-refractivity contribution in [2.45, 2.75) is 19.9 Å². The van der Waals surface area contributed by atoms with Crippen molar-refractivity contribution in [1.82, 2.24) is 10.1 Å². The fraction of sp³-hybridized carbons (Fsp3) is 0.333. The monoisotopic (exact) mass is 193 g/mol. The molecule has 0 saturated heterocycles. The van der Waals surface area contributed by atoms with Gasteiger partial charge in [0.2, 0.25) is 0 Å². The molecule has 1 atom stereocenters. The number of hydrogen-bond acceptors (Lipinski definition) is 5. The van der Waals surface area contributed by atoms with Crippen LogP contribution < -0.4 is 5.32 Å². The van der Waals surface area contributed by atoms with E-state index in [9.17, 15) is 0 Å². The summed E-state index contributed by atoms with van der Waals surface area (Å²) in [6, 6.07) is 4.16. The maximum absolute atomic E-state index is 5.22. The first-order chi connectivity index (χ1) is 6.75. The average Bonchev–Trinajstić information content (AvgIpc) is 2.75. The van der Waals surface area contributed by atoms with Crippen LogP contribution in [0.3, 0.4) is 0 Å². The fourth-order valence-corrected chi connectivity index (χ4v) is 1.15. The van der Waals surface area contributed by atoms with E-state index in [2.05, 4.69) is 15.5 Å². The van der Waals surface area contributed by atoms with Crippen molar-refractivity contribution in [3.63, 3.8) is 0 Å². The molecule has 2 rings (SSSR count). The molecule has 2 aromatic heterocycles. The van der Waals surface area contributed by atoms with Crippen molar-refractivity contribution in [1.29, 1.82) is 0 Å². The van der Waals surface area contributed by atoms with Crippen molar-refractivity contribution in [3.05, 3.63) is 30.0 Å². The molecule has 0 aliphatic carbocycles. The Morgan fingerprint density at radius 3 is 2.93 bits per heavy atom. The summed E-state index contributed by atoms with van der Waals surface area (Å²) in [5.41, 5.74) is 0. The van der Waals surface area contributed by atoms with Gasteiger partial charge in [-0.25, -0.2) is 0 Å². The Morgan fingerprint density at radius 2 is 2.36 bits per heavy atom. The van der Waals surface area contributed by atoms with Crippen LogP contribution in [0.4, 0.5) is 6.01 Å². The molecular formula is C9H11N3O2. The lowest BCUT2D eigenvalue weighted by atomic mass is 10.3. The fourth-order valence-electron chi connectivity index (χ4n) is 1.15. The first-order valence-electron chi connectivity index (χ1n) is 4.36. The van der Waals surface area contributed by atoms with Gasteiger partial charge in [-0.15, -0.1) is 0 Å². The maximum Gasteiger partial charge on any atom is 0.322 e. The number of hydrogen-bond donors (Lipinski definition) is 1. The summed E-state index contributed by atoms with van der Waals surface area (Å²) in [5.74, 6) is 1.44. The van der Waals surface area contributed by atoms with E-state index < -0.39 is 0 Å². The maximum atomic E-state index is 5.22. The molecule has 14 heavy (non-hydrogen) atoms. The third kappa shape index (κ3) is 1.76. The van der Waals surface area contributed by atoms with Gasteiger partial charge in [0, 0.05) is 0 Å². The molecule has 74 valence electrons. The highest BCUT2D eigenvalue weighted by molar-refractivity contribution is 5.23. The lowest BCUT2D eigenvalue weighted by Gasteiger charge is -2.07. The number of nitrogens with one attached hydrogen (secondary N) is 1. The lowest BCUT2D eigenvalue weighted by molar-refractivity contribution is 0.416. The molecule has 2 heterocycles. The molecule has 0 aliphatic rings. The third-order valence-corrected chi connectivity index (χ3v) is 1.84. The van der Waals surface area contributed by atoms with Gasteiger partial charge in [0.05, 0.1) is 12.3 Å². The second-order valence-electron chi connectivity index (χ2n) is 3.03. The van der Waals surface area contributed by atoms with Gasteiger partial charge in [-0.05, 0) is 26.0 Å². The molecule has 5 nitrogen and oxygen atoms in total. The normalized spacial score (nSPS) is 12.7. The minimum Gasteiger partial charge on any atom is -0.467 e. The second-order valence-corrected chi connectivity index (χ2v) is 3.03. The summed E-state index contributed by atoms with van der Waals surface area (Å²) in [4.78, 5) is 4.03. The van der Waals surface area contributed by atoms with E-state index in [-0.39, 0.29) is 6.04 Å². The summed E-state index contributed by atoms with van der Waals surface area (Å²) in [6.45, 7) is 3.73. The minimum absolute atomic E-state index is 0.0184. The quantitative estimate of drug-likeness (QED) is 0.809. The number of anilines is 1. The molecule has 0 saturated carbocycles. The zero-order valence-electron chi connectivity index (χ0n) is 8.02. The zero-order valence-corrected chi connectivity index (χ0v) is 8.02. The molecular weight excluding hydrogens is 182 g/mol.